The first kappa shape index (κ1) is 9.62. The maximum absolute atomic E-state index is 11.2. The molecule has 4 heteroatoms. The van der Waals surface area contributed by atoms with Crippen LogP contribution < -0.4 is 5.32 Å². The number of fused-ring (bicyclic) bond motifs is 1. The number of nitrogens with one attached hydrogen (secondary N) is 1. The van der Waals surface area contributed by atoms with Gasteiger partial charge in [-0.15, -0.1) is 0 Å². The van der Waals surface area contributed by atoms with Crippen molar-refractivity contribution in [2.24, 2.45) is 4.99 Å². The van der Waals surface area contributed by atoms with Crippen LogP contribution in [0.2, 0.25) is 0 Å². The second kappa shape index (κ2) is 3.67. The quantitative estimate of drug-likeness (QED) is 0.581. The Labute approximate surface area is 87.0 Å². The fraction of sp³-hybridized carbons (Fsp3) is 0.273. The first-order chi connectivity index (χ1) is 7.20. The van der Waals surface area contributed by atoms with Gasteiger partial charge in [-0.1, -0.05) is 17.7 Å². The van der Waals surface area contributed by atoms with Crippen LogP contribution in [0.5, 0.6) is 0 Å². The van der Waals surface area contributed by atoms with Crippen molar-refractivity contribution in [3.05, 3.63) is 28.8 Å². The van der Waals surface area contributed by atoms with Crippen LogP contribution in [0.15, 0.2) is 17.1 Å². The van der Waals surface area contributed by atoms with E-state index in [0.717, 1.165) is 22.4 Å². The highest BCUT2D eigenvalue weighted by Gasteiger charge is 2.20. The minimum Gasteiger partial charge on any atom is -0.325 e. The van der Waals surface area contributed by atoms with Crippen LogP contribution in [0, 0.1) is 6.92 Å². The molecule has 2 rings (SSSR count). The molecule has 0 bridgehead atoms. The molecule has 76 valence electrons. The molecule has 1 aromatic rings. The standard InChI is InChI=1S/C11H10N2O2/c1-7-2-8-4-10(15)13-11(8)9(3-7)5-12-6-14/h2-3H,4-5H2,1H3,(H,13,15). The summed E-state index contributed by atoms with van der Waals surface area (Å²) >= 11 is 0. The highest BCUT2D eigenvalue weighted by molar-refractivity contribution is 6.00. The van der Waals surface area contributed by atoms with Crippen molar-refractivity contribution < 1.29 is 9.59 Å². The summed E-state index contributed by atoms with van der Waals surface area (Å²) in [7, 11) is 0. The second-order valence-corrected chi connectivity index (χ2v) is 3.59. The number of rotatable bonds is 2. The predicted molar refractivity (Wildman–Crippen MR) is 55.3 cm³/mol. The molecule has 1 N–H and O–H groups in total. The molecule has 1 aliphatic heterocycles. The van der Waals surface area contributed by atoms with E-state index < -0.39 is 0 Å². The number of hydrogen-bond acceptors (Lipinski definition) is 3. The Morgan fingerprint density at radius 1 is 1.53 bits per heavy atom. The third-order valence-corrected chi connectivity index (χ3v) is 2.38. The highest BCUT2D eigenvalue weighted by atomic mass is 16.1. The number of carbonyl (C=O) groups excluding carboxylic acids is 2. The van der Waals surface area contributed by atoms with Crippen molar-refractivity contribution in [1.82, 2.24) is 0 Å². The van der Waals surface area contributed by atoms with Crippen LogP contribution >= 0.6 is 0 Å². The molecule has 0 unspecified atom stereocenters. The van der Waals surface area contributed by atoms with Gasteiger partial charge in [-0.05, 0) is 18.1 Å². The number of hydrogen-bond donors (Lipinski definition) is 1. The van der Waals surface area contributed by atoms with Crippen molar-refractivity contribution in [2.45, 2.75) is 19.9 Å². The van der Waals surface area contributed by atoms with Crippen molar-refractivity contribution in [1.29, 1.82) is 0 Å². The summed E-state index contributed by atoms with van der Waals surface area (Å²) in [6.07, 6.45) is 1.91. The SMILES string of the molecule is Cc1cc(CN=C=O)c2c(c1)CC(=O)N2. The van der Waals surface area contributed by atoms with E-state index in [4.69, 9.17) is 0 Å². The molecule has 0 aromatic heterocycles. The van der Waals surface area contributed by atoms with Gasteiger partial charge in [-0.25, -0.2) is 9.79 Å². The van der Waals surface area contributed by atoms with Crippen LogP contribution in [0.1, 0.15) is 16.7 Å². The van der Waals surface area contributed by atoms with E-state index in [-0.39, 0.29) is 12.5 Å². The topological polar surface area (TPSA) is 58.5 Å². The van der Waals surface area contributed by atoms with E-state index in [1.807, 2.05) is 19.1 Å². The molecule has 15 heavy (non-hydrogen) atoms. The van der Waals surface area contributed by atoms with Crippen LogP contribution in [-0.2, 0) is 22.6 Å². The third kappa shape index (κ3) is 1.80. The maximum Gasteiger partial charge on any atom is 0.235 e. The Morgan fingerprint density at radius 2 is 2.33 bits per heavy atom. The largest absolute Gasteiger partial charge is 0.325 e. The molecule has 0 atom stereocenters. The Morgan fingerprint density at radius 3 is 3.07 bits per heavy atom. The van der Waals surface area contributed by atoms with Gasteiger partial charge in [0.15, 0.2) is 0 Å². The number of aliphatic imine (C=N–C) groups is 1. The van der Waals surface area contributed by atoms with Gasteiger partial charge in [0.1, 0.15) is 0 Å². The van der Waals surface area contributed by atoms with Crippen molar-refractivity contribution in [2.75, 3.05) is 5.32 Å². The van der Waals surface area contributed by atoms with Crippen molar-refractivity contribution in [3.8, 4) is 0 Å². The van der Waals surface area contributed by atoms with Crippen LogP contribution in [0.25, 0.3) is 0 Å². The van der Waals surface area contributed by atoms with Gasteiger partial charge in [0, 0.05) is 5.69 Å². The van der Waals surface area contributed by atoms with Gasteiger partial charge in [-0.3, -0.25) is 4.79 Å². The van der Waals surface area contributed by atoms with Crippen molar-refractivity contribution in [3.63, 3.8) is 0 Å². The monoisotopic (exact) mass is 202 g/mol. The minimum atomic E-state index is -0.00747. The number of anilines is 1. The maximum atomic E-state index is 11.2. The molecule has 0 fully saturated rings. The lowest BCUT2D eigenvalue weighted by Gasteiger charge is -2.06. The third-order valence-electron chi connectivity index (χ3n) is 2.38. The Kier molecular flexibility index (Phi) is 2.35. The smallest absolute Gasteiger partial charge is 0.235 e. The average molecular weight is 202 g/mol. The van der Waals surface area contributed by atoms with Crippen LogP contribution in [-0.4, -0.2) is 12.0 Å². The lowest BCUT2D eigenvalue weighted by atomic mass is 10.0. The summed E-state index contributed by atoms with van der Waals surface area (Å²) in [6, 6.07) is 3.90. The molecule has 0 aliphatic carbocycles. The molecule has 1 aromatic carbocycles. The number of carbonyl (C=O) groups is 1. The van der Waals surface area contributed by atoms with E-state index in [0.29, 0.717) is 6.42 Å². The van der Waals surface area contributed by atoms with E-state index >= 15 is 0 Å². The van der Waals surface area contributed by atoms with Gasteiger partial charge in [-0.2, -0.15) is 0 Å². The summed E-state index contributed by atoms with van der Waals surface area (Å²) in [5.41, 5.74) is 3.74. The molecule has 0 saturated carbocycles. The van der Waals surface area contributed by atoms with Crippen molar-refractivity contribution >= 4 is 17.7 Å². The number of nitrogens with zero attached hydrogens (tertiary/aromatic N) is 1. The summed E-state index contributed by atoms with van der Waals surface area (Å²) in [6.45, 7) is 2.23. The molecule has 1 aliphatic rings. The number of isocyanates is 1. The molecule has 4 nitrogen and oxygen atoms in total. The number of benzene rings is 1. The van der Waals surface area contributed by atoms with E-state index in [1.165, 1.54) is 6.08 Å². The zero-order valence-electron chi connectivity index (χ0n) is 8.33. The molecule has 0 radical (unpaired) electrons. The zero-order chi connectivity index (χ0) is 10.8. The van der Waals surface area contributed by atoms with E-state index in [1.54, 1.807) is 0 Å². The highest BCUT2D eigenvalue weighted by Crippen LogP contribution is 2.29. The molecule has 0 spiro atoms. The molecular formula is C11H10N2O2. The second-order valence-electron chi connectivity index (χ2n) is 3.59. The summed E-state index contributed by atoms with van der Waals surface area (Å²) in [5, 5.41) is 2.77. The lowest BCUT2D eigenvalue weighted by Crippen LogP contribution is -2.04. The molecule has 0 saturated heterocycles. The lowest BCUT2D eigenvalue weighted by molar-refractivity contribution is -0.115. The first-order valence-corrected chi connectivity index (χ1v) is 4.66. The number of amides is 1. The summed E-state index contributed by atoms with van der Waals surface area (Å²) < 4.78 is 0. The fourth-order valence-electron chi connectivity index (χ4n) is 1.84. The number of aryl methyl sites for hydroxylation is 1. The fourth-order valence-corrected chi connectivity index (χ4v) is 1.84. The molecule has 1 heterocycles. The van der Waals surface area contributed by atoms with Gasteiger partial charge in [0.2, 0.25) is 12.0 Å². The Hall–Kier alpha value is -1.93. The Balaban J connectivity index is 2.46. The van der Waals surface area contributed by atoms with E-state index in [2.05, 4.69) is 10.3 Å². The van der Waals surface area contributed by atoms with Gasteiger partial charge >= 0.3 is 0 Å². The predicted octanol–water partition coefficient (Wildman–Crippen LogP) is 1.33. The normalized spacial score (nSPS) is 13.0. The Bertz CT molecular complexity index is 474. The summed E-state index contributed by atoms with van der Waals surface area (Å²) in [4.78, 5) is 24.8. The summed E-state index contributed by atoms with van der Waals surface area (Å²) in [5.74, 6) is -0.00747. The minimum absolute atomic E-state index is 0.00747. The van der Waals surface area contributed by atoms with E-state index in [9.17, 15) is 9.59 Å². The first-order valence-electron chi connectivity index (χ1n) is 4.66. The molecular weight excluding hydrogens is 192 g/mol. The zero-order valence-corrected chi connectivity index (χ0v) is 8.33. The van der Waals surface area contributed by atoms with Crippen LogP contribution in [0.3, 0.4) is 0 Å². The van der Waals surface area contributed by atoms with Gasteiger partial charge < -0.3 is 5.32 Å². The average Bonchev–Trinajstić information content (AvgIpc) is 2.54. The van der Waals surface area contributed by atoms with Gasteiger partial charge in [0.25, 0.3) is 0 Å². The molecule has 1 amide bonds. The van der Waals surface area contributed by atoms with Gasteiger partial charge in [0.05, 0.1) is 13.0 Å². The van der Waals surface area contributed by atoms with Crippen LogP contribution in [0.4, 0.5) is 5.69 Å².